The molecule has 0 heterocycles. The zero-order valence-corrected chi connectivity index (χ0v) is 12.2. The quantitative estimate of drug-likeness (QED) is 0.793. The third kappa shape index (κ3) is 2.53. The van der Waals surface area contributed by atoms with Crippen molar-refractivity contribution in [1.29, 1.82) is 0 Å². The molecule has 4 atom stereocenters. The van der Waals surface area contributed by atoms with Crippen LogP contribution in [0.2, 0.25) is 0 Å². The van der Waals surface area contributed by atoms with Gasteiger partial charge in [-0.05, 0) is 48.5 Å². The highest BCUT2D eigenvalue weighted by Gasteiger charge is 2.47. The maximum absolute atomic E-state index is 6.21. The normalized spacial score (nSPS) is 43.4. The fourth-order valence-electron chi connectivity index (χ4n) is 3.40. The Hall–Kier alpha value is -0.0800. The Labute approximate surface area is 107 Å². The third-order valence-electron chi connectivity index (χ3n) is 5.84. The zero-order valence-electron chi connectivity index (χ0n) is 12.2. The van der Waals surface area contributed by atoms with Crippen molar-refractivity contribution < 1.29 is 0 Å². The zero-order chi connectivity index (χ0) is 12.8. The van der Waals surface area contributed by atoms with E-state index in [1.807, 2.05) is 0 Å². The molecule has 0 aromatic carbocycles. The van der Waals surface area contributed by atoms with E-state index >= 15 is 0 Å². The molecule has 2 aliphatic carbocycles. The van der Waals surface area contributed by atoms with E-state index in [1.165, 1.54) is 25.8 Å². The van der Waals surface area contributed by atoms with Gasteiger partial charge in [-0.15, -0.1) is 0 Å². The van der Waals surface area contributed by atoms with Crippen molar-refractivity contribution >= 4 is 0 Å². The fraction of sp³-hybridized carbons (Fsp3) is 1.00. The Morgan fingerprint density at radius 2 is 1.76 bits per heavy atom. The molecule has 0 spiro atoms. The van der Waals surface area contributed by atoms with Crippen LogP contribution in [0.15, 0.2) is 0 Å². The SMILES string of the molecule is CC1C(N)CCC(CNC2CC2(C)C)C1(C)C. The van der Waals surface area contributed by atoms with Crippen LogP contribution in [-0.2, 0) is 0 Å². The minimum Gasteiger partial charge on any atom is -0.327 e. The van der Waals surface area contributed by atoms with Crippen LogP contribution in [0.3, 0.4) is 0 Å². The highest BCUT2D eigenvalue weighted by atomic mass is 15.0. The molecule has 3 N–H and O–H groups in total. The summed E-state index contributed by atoms with van der Waals surface area (Å²) < 4.78 is 0. The van der Waals surface area contributed by atoms with Crippen LogP contribution in [0.1, 0.15) is 53.9 Å². The van der Waals surface area contributed by atoms with E-state index < -0.39 is 0 Å². The standard InChI is InChI=1S/C15H30N2/c1-10-12(16)7-6-11(15(10,4)5)9-17-13-8-14(13,2)3/h10-13,17H,6-9,16H2,1-5H3. The van der Waals surface area contributed by atoms with Gasteiger partial charge < -0.3 is 11.1 Å². The summed E-state index contributed by atoms with van der Waals surface area (Å²) in [5, 5.41) is 3.77. The van der Waals surface area contributed by atoms with E-state index in [0.29, 0.717) is 22.8 Å². The van der Waals surface area contributed by atoms with Gasteiger partial charge in [0, 0.05) is 12.1 Å². The molecule has 0 aliphatic heterocycles. The number of rotatable bonds is 3. The fourth-order valence-corrected chi connectivity index (χ4v) is 3.40. The molecule has 2 rings (SSSR count). The molecule has 100 valence electrons. The summed E-state index contributed by atoms with van der Waals surface area (Å²) in [5.41, 5.74) is 7.13. The van der Waals surface area contributed by atoms with Gasteiger partial charge in [0.1, 0.15) is 0 Å². The van der Waals surface area contributed by atoms with Crippen molar-refractivity contribution in [2.75, 3.05) is 6.54 Å². The van der Waals surface area contributed by atoms with E-state index in [9.17, 15) is 0 Å². The van der Waals surface area contributed by atoms with Gasteiger partial charge in [0.15, 0.2) is 0 Å². The second-order valence-electron chi connectivity index (χ2n) is 7.70. The highest BCUT2D eigenvalue weighted by Crippen LogP contribution is 2.47. The molecule has 2 fully saturated rings. The number of nitrogens with two attached hydrogens (primary N) is 1. The van der Waals surface area contributed by atoms with Gasteiger partial charge in [-0.3, -0.25) is 0 Å². The Bertz CT molecular complexity index is 283. The average Bonchev–Trinajstić information content (AvgIpc) is 2.82. The molecule has 2 saturated carbocycles. The number of hydrogen-bond donors (Lipinski definition) is 2. The van der Waals surface area contributed by atoms with Crippen LogP contribution in [-0.4, -0.2) is 18.6 Å². The molecule has 2 heteroatoms. The average molecular weight is 238 g/mol. The molecule has 0 bridgehead atoms. The molecule has 0 radical (unpaired) electrons. The van der Waals surface area contributed by atoms with Gasteiger partial charge in [0.25, 0.3) is 0 Å². The van der Waals surface area contributed by atoms with Crippen LogP contribution < -0.4 is 11.1 Å². The van der Waals surface area contributed by atoms with Gasteiger partial charge in [-0.25, -0.2) is 0 Å². The Morgan fingerprint density at radius 1 is 1.18 bits per heavy atom. The van der Waals surface area contributed by atoms with Crippen molar-refractivity contribution in [2.24, 2.45) is 28.4 Å². The smallest absolute Gasteiger partial charge is 0.0125 e. The highest BCUT2D eigenvalue weighted by molar-refractivity contribution is 5.03. The maximum atomic E-state index is 6.21. The first-order valence-corrected chi connectivity index (χ1v) is 7.24. The Kier molecular flexibility index (Phi) is 3.33. The lowest BCUT2D eigenvalue weighted by Crippen LogP contribution is -2.49. The van der Waals surface area contributed by atoms with E-state index in [-0.39, 0.29) is 0 Å². The summed E-state index contributed by atoms with van der Waals surface area (Å²) in [4.78, 5) is 0. The largest absolute Gasteiger partial charge is 0.327 e. The van der Waals surface area contributed by atoms with Crippen LogP contribution in [0.25, 0.3) is 0 Å². The van der Waals surface area contributed by atoms with E-state index in [4.69, 9.17) is 5.73 Å². The van der Waals surface area contributed by atoms with Crippen molar-refractivity contribution in [3.63, 3.8) is 0 Å². The number of nitrogens with one attached hydrogen (secondary N) is 1. The van der Waals surface area contributed by atoms with E-state index in [1.54, 1.807) is 0 Å². The summed E-state index contributed by atoms with van der Waals surface area (Å²) in [6.45, 7) is 13.0. The van der Waals surface area contributed by atoms with Crippen molar-refractivity contribution in [1.82, 2.24) is 5.32 Å². The molecule has 2 aliphatic rings. The van der Waals surface area contributed by atoms with Crippen LogP contribution in [0.5, 0.6) is 0 Å². The summed E-state index contributed by atoms with van der Waals surface area (Å²) >= 11 is 0. The van der Waals surface area contributed by atoms with Crippen molar-refractivity contribution in [2.45, 2.75) is 66.0 Å². The van der Waals surface area contributed by atoms with Gasteiger partial charge in [0.05, 0.1) is 0 Å². The van der Waals surface area contributed by atoms with Gasteiger partial charge in [-0.1, -0.05) is 34.6 Å². The van der Waals surface area contributed by atoms with Crippen LogP contribution >= 0.6 is 0 Å². The molecule has 0 amide bonds. The molecule has 4 unspecified atom stereocenters. The lowest BCUT2D eigenvalue weighted by molar-refractivity contribution is 0.0534. The second kappa shape index (κ2) is 4.24. The predicted molar refractivity (Wildman–Crippen MR) is 73.8 cm³/mol. The third-order valence-corrected chi connectivity index (χ3v) is 5.84. The Balaban J connectivity index is 1.88. The van der Waals surface area contributed by atoms with Crippen LogP contribution in [0, 0.1) is 22.7 Å². The lowest BCUT2D eigenvalue weighted by atomic mass is 9.61. The molecular formula is C15H30N2. The van der Waals surface area contributed by atoms with E-state index in [0.717, 1.165) is 12.0 Å². The first-order chi connectivity index (χ1) is 7.75. The molecule has 0 aromatic heterocycles. The second-order valence-corrected chi connectivity index (χ2v) is 7.70. The van der Waals surface area contributed by atoms with Crippen molar-refractivity contribution in [3.8, 4) is 0 Å². The number of hydrogen-bond acceptors (Lipinski definition) is 2. The minimum absolute atomic E-state index is 0.379. The monoisotopic (exact) mass is 238 g/mol. The maximum Gasteiger partial charge on any atom is 0.0125 e. The molecule has 17 heavy (non-hydrogen) atoms. The summed E-state index contributed by atoms with van der Waals surface area (Å²) in [6, 6.07) is 1.16. The minimum atomic E-state index is 0.379. The lowest BCUT2D eigenvalue weighted by Gasteiger charge is -2.47. The first kappa shape index (κ1) is 13.4. The summed E-state index contributed by atoms with van der Waals surface area (Å²) in [6.07, 6.45) is 3.83. The van der Waals surface area contributed by atoms with Crippen molar-refractivity contribution in [3.05, 3.63) is 0 Å². The van der Waals surface area contributed by atoms with E-state index in [2.05, 4.69) is 39.9 Å². The van der Waals surface area contributed by atoms with Gasteiger partial charge in [-0.2, -0.15) is 0 Å². The topological polar surface area (TPSA) is 38.0 Å². The molecular weight excluding hydrogens is 208 g/mol. The van der Waals surface area contributed by atoms with Crippen LogP contribution in [0.4, 0.5) is 0 Å². The molecule has 2 nitrogen and oxygen atoms in total. The summed E-state index contributed by atoms with van der Waals surface area (Å²) in [5.74, 6) is 1.42. The van der Waals surface area contributed by atoms with Gasteiger partial charge in [0.2, 0.25) is 0 Å². The first-order valence-electron chi connectivity index (χ1n) is 7.24. The summed E-state index contributed by atoms with van der Waals surface area (Å²) in [7, 11) is 0. The molecule has 0 aromatic rings. The van der Waals surface area contributed by atoms with Gasteiger partial charge >= 0.3 is 0 Å². The predicted octanol–water partition coefficient (Wildman–Crippen LogP) is 2.77. The Morgan fingerprint density at radius 3 is 2.29 bits per heavy atom. The molecule has 0 saturated heterocycles.